The van der Waals surface area contributed by atoms with Crippen molar-refractivity contribution in [2.45, 2.75) is 13.0 Å². The molecule has 0 bridgehead atoms. The number of carbonyl (C=O) groups is 2. The van der Waals surface area contributed by atoms with E-state index in [-0.39, 0.29) is 18.4 Å². The Morgan fingerprint density at radius 1 is 1.50 bits per heavy atom. The molecule has 2 rings (SSSR count). The third-order valence-electron chi connectivity index (χ3n) is 2.42. The Hall–Kier alpha value is -1.88. The summed E-state index contributed by atoms with van der Waals surface area (Å²) in [6.45, 7) is 0.735. The van der Waals surface area contributed by atoms with Gasteiger partial charge in [-0.1, -0.05) is 12.1 Å². The van der Waals surface area contributed by atoms with Crippen molar-refractivity contribution in [2.24, 2.45) is 5.73 Å². The van der Waals surface area contributed by atoms with E-state index in [1.165, 1.54) is 0 Å². The molecule has 0 unspecified atom stereocenters. The Morgan fingerprint density at radius 3 is 3.06 bits per heavy atom. The molecule has 0 aliphatic carbocycles. The Labute approximate surface area is 93.0 Å². The van der Waals surface area contributed by atoms with E-state index >= 15 is 0 Å². The van der Waals surface area contributed by atoms with Crippen LogP contribution in [0, 0.1) is 0 Å². The number of primary amides is 1. The van der Waals surface area contributed by atoms with E-state index in [4.69, 9.17) is 5.73 Å². The molecule has 1 aliphatic rings. The molecule has 0 spiro atoms. The summed E-state index contributed by atoms with van der Waals surface area (Å²) in [6.07, 6.45) is 0.430. The molecule has 4 N–H and O–H groups in total. The summed E-state index contributed by atoms with van der Waals surface area (Å²) >= 11 is 0. The molecule has 0 saturated heterocycles. The molecular formula is C11H13N3O2. The average Bonchev–Trinajstić information content (AvgIpc) is 2.56. The molecule has 2 amide bonds. The van der Waals surface area contributed by atoms with Crippen LogP contribution >= 0.6 is 0 Å². The van der Waals surface area contributed by atoms with Crippen LogP contribution in [0.1, 0.15) is 11.1 Å². The molecule has 1 aromatic rings. The lowest BCUT2D eigenvalue weighted by atomic mass is 10.1. The van der Waals surface area contributed by atoms with E-state index in [1.807, 2.05) is 18.2 Å². The van der Waals surface area contributed by atoms with Gasteiger partial charge < -0.3 is 16.4 Å². The first-order valence-corrected chi connectivity index (χ1v) is 5.06. The van der Waals surface area contributed by atoms with Gasteiger partial charge in [-0.25, -0.2) is 0 Å². The maximum atomic E-state index is 11.1. The van der Waals surface area contributed by atoms with Crippen molar-refractivity contribution in [3.63, 3.8) is 0 Å². The highest BCUT2D eigenvalue weighted by molar-refractivity contribution is 5.99. The molecular weight excluding hydrogens is 206 g/mol. The van der Waals surface area contributed by atoms with Gasteiger partial charge in [-0.2, -0.15) is 0 Å². The van der Waals surface area contributed by atoms with Gasteiger partial charge in [-0.05, 0) is 17.2 Å². The Morgan fingerprint density at radius 2 is 2.31 bits per heavy atom. The monoisotopic (exact) mass is 219 g/mol. The fourth-order valence-corrected chi connectivity index (χ4v) is 1.72. The summed E-state index contributed by atoms with van der Waals surface area (Å²) < 4.78 is 0. The highest BCUT2D eigenvalue weighted by atomic mass is 16.2. The van der Waals surface area contributed by atoms with Gasteiger partial charge in [0, 0.05) is 12.2 Å². The Balaban J connectivity index is 1.99. The van der Waals surface area contributed by atoms with Crippen LogP contribution in [0.25, 0.3) is 0 Å². The summed E-state index contributed by atoms with van der Waals surface area (Å²) in [6, 6.07) is 5.75. The zero-order chi connectivity index (χ0) is 11.5. The molecule has 0 aromatic heterocycles. The van der Waals surface area contributed by atoms with Crippen molar-refractivity contribution >= 4 is 17.5 Å². The van der Waals surface area contributed by atoms with Crippen LogP contribution in [0.5, 0.6) is 0 Å². The van der Waals surface area contributed by atoms with Crippen molar-refractivity contribution < 1.29 is 9.59 Å². The predicted octanol–water partition coefficient (Wildman–Crippen LogP) is -0.244. The molecule has 1 heterocycles. The first-order valence-electron chi connectivity index (χ1n) is 5.06. The number of benzene rings is 1. The molecule has 0 radical (unpaired) electrons. The van der Waals surface area contributed by atoms with Crippen molar-refractivity contribution in [2.75, 3.05) is 11.9 Å². The van der Waals surface area contributed by atoms with Crippen molar-refractivity contribution in [1.29, 1.82) is 0 Å². The van der Waals surface area contributed by atoms with Crippen LogP contribution < -0.4 is 16.4 Å². The quantitative estimate of drug-likeness (QED) is 0.653. The van der Waals surface area contributed by atoms with Gasteiger partial charge in [0.05, 0.1) is 13.0 Å². The fraction of sp³-hybridized carbons (Fsp3) is 0.273. The third kappa shape index (κ3) is 2.38. The second kappa shape index (κ2) is 4.32. The van der Waals surface area contributed by atoms with E-state index in [9.17, 15) is 9.59 Å². The lowest BCUT2D eigenvalue weighted by Crippen LogP contribution is -2.28. The van der Waals surface area contributed by atoms with E-state index in [1.54, 1.807) is 0 Å². The summed E-state index contributed by atoms with van der Waals surface area (Å²) in [7, 11) is 0. The smallest absolute Gasteiger partial charge is 0.231 e. The molecule has 84 valence electrons. The number of nitrogens with one attached hydrogen (secondary N) is 2. The zero-order valence-corrected chi connectivity index (χ0v) is 8.75. The minimum absolute atomic E-state index is 0.0252. The number of nitrogens with two attached hydrogens (primary N) is 1. The molecule has 5 heteroatoms. The van der Waals surface area contributed by atoms with Crippen molar-refractivity contribution in [3.05, 3.63) is 29.3 Å². The summed E-state index contributed by atoms with van der Waals surface area (Å²) in [4.78, 5) is 21.7. The van der Waals surface area contributed by atoms with Crippen LogP contribution in [-0.4, -0.2) is 18.4 Å². The second-order valence-electron chi connectivity index (χ2n) is 3.79. The van der Waals surface area contributed by atoms with Gasteiger partial charge in [-0.3, -0.25) is 9.59 Å². The molecule has 0 atom stereocenters. The van der Waals surface area contributed by atoms with E-state index in [2.05, 4.69) is 10.6 Å². The van der Waals surface area contributed by atoms with E-state index in [0.29, 0.717) is 13.0 Å². The predicted molar refractivity (Wildman–Crippen MR) is 59.7 cm³/mol. The van der Waals surface area contributed by atoms with E-state index in [0.717, 1.165) is 16.8 Å². The number of hydrogen-bond donors (Lipinski definition) is 3. The Kier molecular flexibility index (Phi) is 2.87. The number of fused-ring (bicyclic) bond motifs is 1. The number of carbonyl (C=O) groups excluding carboxylic acids is 2. The SMILES string of the molecule is NC(=O)CNCc1ccc2c(c1)CC(=O)N2. The van der Waals surface area contributed by atoms with Gasteiger partial charge in [-0.15, -0.1) is 0 Å². The van der Waals surface area contributed by atoms with Crippen LogP contribution in [0.4, 0.5) is 5.69 Å². The molecule has 1 aliphatic heterocycles. The van der Waals surface area contributed by atoms with Gasteiger partial charge in [0.1, 0.15) is 0 Å². The lowest BCUT2D eigenvalue weighted by molar-refractivity contribution is -0.117. The number of rotatable bonds is 4. The molecule has 0 fully saturated rings. The van der Waals surface area contributed by atoms with Gasteiger partial charge in [0.15, 0.2) is 0 Å². The van der Waals surface area contributed by atoms with Crippen molar-refractivity contribution in [1.82, 2.24) is 5.32 Å². The van der Waals surface area contributed by atoms with Crippen LogP contribution in [0.15, 0.2) is 18.2 Å². The molecule has 1 aromatic carbocycles. The molecule has 16 heavy (non-hydrogen) atoms. The van der Waals surface area contributed by atoms with Crippen LogP contribution in [0.2, 0.25) is 0 Å². The number of anilines is 1. The highest BCUT2D eigenvalue weighted by Crippen LogP contribution is 2.23. The number of amides is 2. The summed E-state index contributed by atoms with van der Waals surface area (Å²) in [5.74, 6) is -0.352. The standard InChI is InChI=1S/C11H13N3O2/c12-10(15)6-13-5-7-1-2-9-8(3-7)4-11(16)14-9/h1-3,13H,4-6H2,(H2,12,15)(H,14,16). The third-order valence-corrected chi connectivity index (χ3v) is 2.42. The molecule has 0 saturated carbocycles. The second-order valence-corrected chi connectivity index (χ2v) is 3.79. The maximum absolute atomic E-state index is 11.1. The largest absolute Gasteiger partial charge is 0.369 e. The summed E-state index contributed by atoms with van der Waals surface area (Å²) in [5.41, 5.74) is 7.93. The average molecular weight is 219 g/mol. The normalized spacial score (nSPS) is 13.4. The first-order chi connectivity index (χ1) is 7.65. The van der Waals surface area contributed by atoms with E-state index < -0.39 is 0 Å². The first kappa shape index (κ1) is 10.6. The lowest BCUT2D eigenvalue weighted by Gasteiger charge is -2.04. The van der Waals surface area contributed by atoms with Gasteiger partial charge in [0.25, 0.3) is 0 Å². The van der Waals surface area contributed by atoms with Gasteiger partial charge >= 0.3 is 0 Å². The minimum atomic E-state index is -0.377. The topological polar surface area (TPSA) is 84.2 Å². The molecule has 5 nitrogen and oxygen atoms in total. The zero-order valence-electron chi connectivity index (χ0n) is 8.75. The Bertz CT molecular complexity index is 443. The maximum Gasteiger partial charge on any atom is 0.231 e. The van der Waals surface area contributed by atoms with Crippen LogP contribution in [0.3, 0.4) is 0 Å². The highest BCUT2D eigenvalue weighted by Gasteiger charge is 2.17. The number of hydrogen-bond acceptors (Lipinski definition) is 3. The van der Waals surface area contributed by atoms with Gasteiger partial charge in [0.2, 0.25) is 11.8 Å². The van der Waals surface area contributed by atoms with Crippen LogP contribution in [-0.2, 0) is 22.6 Å². The fourth-order valence-electron chi connectivity index (χ4n) is 1.72. The summed E-state index contributed by atoms with van der Waals surface area (Å²) in [5, 5.41) is 5.69. The minimum Gasteiger partial charge on any atom is -0.369 e. The van der Waals surface area contributed by atoms with Crippen molar-refractivity contribution in [3.8, 4) is 0 Å².